The highest BCUT2D eigenvalue weighted by atomic mass is 19.4. The predicted molar refractivity (Wildman–Crippen MR) is 65.2 cm³/mol. The van der Waals surface area contributed by atoms with Crippen LogP contribution in [0.2, 0.25) is 0 Å². The molecule has 2 aromatic rings. The van der Waals surface area contributed by atoms with E-state index in [0.717, 1.165) is 6.07 Å². The summed E-state index contributed by atoms with van der Waals surface area (Å²) in [5.74, 6) is 0.367. The molecule has 2 rings (SSSR count). The highest BCUT2D eigenvalue weighted by Crippen LogP contribution is 2.34. The molecule has 100 valence electrons. The SMILES string of the molecule is Nc1cnc(CNc2ccccc2C(F)(F)F)nc1. The van der Waals surface area contributed by atoms with Gasteiger partial charge in [-0.2, -0.15) is 13.2 Å². The van der Waals surface area contributed by atoms with Crippen LogP contribution in [0.3, 0.4) is 0 Å². The van der Waals surface area contributed by atoms with Crippen LogP contribution in [-0.4, -0.2) is 9.97 Å². The summed E-state index contributed by atoms with van der Waals surface area (Å²) in [6.07, 6.45) is -1.59. The van der Waals surface area contributed by atoms with Gasteiger partial charge in [-0.3, -0.25) is 0 Å². The third-order valence-electron chi connectivity index (χ3n) is 2.39. The molecule has 19 heavy (non-hydrogen) atoms. The Morgan fingerprint density at radius 2 is 1.74 bits per heavy atom. The molecule has 4 nitrogen and oxygen atoms in total. The molecule has 0 unspecified atom stereocenters. The van der Waals surface area contributed by atoms with Crippen LogP contribution < -0.4 is 11.1 Å². The van der Waals surface area contributed by atoms with E-state index in [0.29, 0.717) is 11.5 Å². The lowest BCUT2D eigenvalue weighted by Crippen LogP contribution is -2.11. The van der Waals surface area contributed by atoms with Crippen molar-refractivity contribution in [2.45, 2.75) is 12.7 Å². The molecule has 0 saturated heterocycles. The van der Waals surface area contributed by atoms with E-state index in [1.807, 2.05) is 0 Å². The first kappa shape index (κ1) is 13.1. The molecule has 1 heterocycles. The molecule has 0 fully saturated rings. The van der Waals surface area contributed by atoms with Gasteiger partial charge in [-0.25, -0.2) is 9.97 Å². The van der Waals surface area contributed by atoms with Crippen LogP contribution in [0, 0.1) is 0 Å². The number of benzene rings is 1. The average Bonchev–Trinajstić information content (AvgIpc) is 2.37. The fourth-order valence-corrected chi connectivity index (χ4v) is 1.51. The van der Waals surface area contributed by atoms with Crippen LogP contribution in [0.25, 0.3) is 0 Å². The van der Waals surface area contributed by atoms with Crippen molar-refractivity contribution in [3.05, 3.63) is 48.0 Å². The minimum Gasteiger partial charge on any atom is -0.396 e. The molecule has 1 aromatic carbocycles. The van der Waals surface area contributed by atoms with Gasteiger partial charge in [-0.1, -0.05) is 12.1 Å². The maximum Gasteiger partial charge on any atom is 0.418 e. The number of hydrogen-bond acceptors (Lipinski definition) is 4. The smallest absolute Gasteiger partial charge is 0.396 e. The van der Waals surface area contributed by atoms with Gasteiger partial charge in [0.15, 0.2) is 0 Å². The zero-order valence-electron chi connectivity index (χ0n) is 9.78. The molecule has 0 radical (unpaired) electrons. The number of nitrogens with one attached hydrogen (secondary N) is 1. The van der Waals surface area contributed by atoms with Crippen molar-refractivity contribution in [3.63, 3.8) is 0 Å². The number of para-hydroxylation sites is 1. The van der Waals surface area contributed by atoms with E-state index >= 15 is 0 Å². The van der Waals surface area contributed by atoms with Crippen molar-refractivity contribution in [1.82, 2.24) is 9.97 Å². The first-order valence-electron chi connectivity index (χ1n) is 5.43. The largest absolute Gasteiger partial charge is 0.418 e. The molecule has 0 atom stereocenters. The molecule has 0 bridgehead atoms. The summed E-state index contributed by atoms with van der Waals surface area (Å²) in [5, 5.41) is 2.67. The number of nitrogens with zero attached hydrogens (tertiary/aromatic N) is 2. The average molecular weight is 268 g/mol. The van der Waals surface area contributed by atoms with E-state index in [4.69, 9.17) is 5.73 Å². The van der Waals surface area contributed by atoms with Gasteiger partial charge in [0, 0.05) is 5.69 Å². The quantitative estimate of drug-likeness (QED) is 0.898. The molecule has 0 spiro atoms. The number of rotatable bonds is 3. The van der Waals surface area contributed by atoms with Crippen LogP contribution in [0.1, 0.15) is 11.4 Å². The molecule has 0 aliphatic carbocycles. The minimum absolute atomic E-state index is 0.00424. The maximum absolute atomic E-state index is 12.7. The Morgan fingerprint density at radius 1 is 1.11 bits per heavy atom. The van der Waals surface area contributed by atoms with E-state index in [9.17, 15) is 13.2 Å². The zero-order chi connectivity index (χ0) is 13.9. The summed E-state index contributed by atoms with van der Waals surface area (Å²) in [5.41, 5.74) is 5.10. The number of alkyl halides is 3. The van der Waals surface area contributed by atoms with Crippen LogP contribution in [-0.2, 0) is 12.7 Å². The van der Waals surface area contributed by atoms with Gasteiger partial charge in [-0.15, -0.1) is 0 Å². The van der Waals surface area contributed by atoms with Crippen LogP contribution in [0.15, 0.2) is 36.7 Å². The predicted octanol–water partition coefficient (Wildman–Crippen LogP) is 2.69. The Balaban J connectivity index is 2.14. The Morgan fingerprint density at radius 3 is 2.37 bits per heavy atom. The van der Waals surface area contributed by atoms with E-state index in [-0.39, 0.29) is 12.2 Å². The summed E-state index contributed by atoms with van der Waals surface area (Å²) in [7, 11) is 0. The summed E-state index contributed by atoms with van der Waals surface area (Å²) < 4.78 is 38.2. The lowest BCUT2D eigenvalue weighted by atomic mass is 10.1. The van der Waals surface area contributed by atoms with E-state index in [1.165, 1.54) is 30.6 Å². The number of nitrogens with two attached hydrogens (primary N) is 1. The van der Waals surface area contributed by atoms with Gasteiger partial charge >= 0.3 is 6.18 Å². The monoisotopic (exact) mass is 268 g/mol. The Hall–Kier alpha value is -2.31. The molecule has 0 saturated carbocycles. The topological polar surface area (TPSA) is 63.8 Å². The number of anilines is 2. The second-order valence-electron chi connectivity index (χ2n) is 3.83. The molecular formula is C12H11F3N4. The van der Waals surface area contributed by atoms with Crippen molar-refractivity contribution in [3.8, 4) is 0 Å². The molecule has 0 aliphatic heterocycles. The third kappa shape index (κ3) is 3.34. The van der Waals surface area contributed by atoms with Crippen LogP contribution in [0.5, 0.6) is 0 Å². The van der Waals surface area contributed by atoms with Gasteiger partial charge in [0.25, 0.3) is 0 Å². The summed E-state index contributed by atoms with van der Waals surface area (Å²) in [4.78, 5) is 7.81. The molecule has 1 aromatic heterocycles. The first-order chi connectivity index (χ1) is 8.97. The van der Waals surface area contributed by atoms with Gasteiger partial charge in [0.1, 0.15) is 5.82 Å². The van der Waals surface area contributed by atoms with Crippen LogP contribution >= 0.6 is 0 Å². The van der Waals surface area contributed by atoms with Gasteiger partial charge in [0.2, 0.25) is 0 Å². The molecule has 0 aliphatic rings. The number of hydrogen-bond donors (Lipinski definition) is 2. The lowest BCUT2D eigenvalue weighted by molar-refractivity contribution is -0.137. The van der Waals surface area contributed by atoms with E-state index in [1.54, 1.807) is 0 Å². The minimum atomic E-state index is -4.40. The zero-order valence-corrected chi connectivity index (χ0v) is 9.78. The van der Waals surface area contributed by atoms with Crippen molar-refractivity contribution >= 4 is 11.4 Å². The maximum atomic E-state index is 12.7. The first-order valence-corrected chi connectivity index (χ1v) is 5.43. The second kappa shape index (κ2) is 5.13. The van der Waals surface area contributed by atoms with Crippen molar-refractivity contribution in [2.24, 2.45) is 0 Å². The van der Waals surface area contributed by atoms with E-state index < -0.39 is 11.7 Å². The molecule has 3 N–H and O–H groups in total. The van der Waals surface area contributed by atoms with Gasteiger partial charge < -0.3 is 11.1 Å². The van der Waals surface area contributed by atoms with E-state index in [2.05, 4.69) is 15.3 Å². The molecule has 7 heteroatoms. The van der Waals surface area contributed by atoms with Crippen LogP contribution in [0.4, 0.5) is 24.5 Å². The highest BCUT2D eigenvalue weighted by molar-refractivity contribution is 5.52. The molecule has 0 amide bonds. The number of halogens is 3. The second-order valence-corrected chi connectivity index (χ2v) is 3.83. The third-order valence-corrected chi connectivity index (χ3v) is 2.39. The van der Waals surface area contributed by atoms with Crippen molar-refractivity contribution in [2.75, 3.05) is 11.1 Å². The van der Waals surface area contributed by atoms with Gasteiger partial charge in [0.05, 0.1) is 30.2 Å². The Labute approximate surface area is 107 Å². The fraction of sp³-hybridized carbons (Fsp3) is 0.167. The van der Waals surface area contributed by atoms with Crippen molar-refractivity contribution in [1.29, 1.82) is 0 Å². The Kier molecular flexibility index (Phi) is 3.55. The normalized spacial score (nSPS) is 11.3. The lowest BCUT2D eigenvalue weighted by Gasteiger charge is -2.13. The van der Waals surface area contributed by atoms with Crippen molar-refractivity contribution < 1.29 is 13.2 Å². The standard InChI is InChI=1S/C12H11F3N4/c13-12(14,15)9-3-1-2-4-10(9)17-7-11-18-5-8(16)6-19-11/h1-6,17H,7,16H2. The molecular weight excluding hydrogens is 257 g/mol. The van der Waals surface area contributed by atoms with Gasteiger partial charge in [-0.05, 0) is 12.1 Å². The Bertz CT molecular complexity index is 552. The summed E-state index contributed by atoms with van der Waals surface area (Å²) in [6, 6.07) is 5.25. The summed E-state index contributed by atoms with van der Waals surface area (Å²) in [6.45, 7) is 0.0906. The number of aromatic nitrogens is 2. The fourth-order valence-electron chi connectivity index (χ4n) is 1.51. The number of nitrogen functional groups attached to an aromatic ring is 1. The summed E-state index contributed by atoms with van der Waals surface area (Å²) >= 11 is 0. The highest BCUT2D eigenvalue weighted by Gasteiger charge is 2.33.